The van der Waals surface area contributed by atoms with Gasteiger partial charge in [0.25, 0.3) is 10.0 Å². The van der Waals surface area contributed by atoms with Gasteiger partial charge in [0.1, 0.15) is 10.7 Å². The topological polar surface area (TPSA) is 104 Å². The zero-order valence-corrected chi connectivity index (χ0v) is 13.3. The van der Waals surface area contributed by atoms with Crippen LogP contribution < -0.4 is 4.72 Å². The second-order valence-corrected chi connectivity index (χ2v) is 6.68. The first-order valence-corrected chi connectivity index (χ1v) is 8.28. The Labute approximate surface area is 137 Å². The van der Waals surface area contributed by atoms with E-state index in [1.54, 1.807) is 30.1 Å². The van der Waals surface area contributed by atoms with E-state index in [0.29, 0.717) is 11.4 Å². The average Bonchev–Trinajstić information content (AvgIpc) is 3.18. The van der Waals surface area contributed by atoms with Crippen LogP contribution >= 0.6 is 0 Å². The third-order valence-corrected chi connectivity index (χ3v) is 4.75. The number of aromatic amines is 1. The molecule has 0 fully saturated rings. The van der Waals surface area contributed by atoms with E-state index in [0.717, 1.165) is 6.07 Å². The quantitative estimate of drug-likeness (QED) is 0.756. The van der Waals surface area contributed by atoms with Crippen LogP contribution in [0.25, 0.3) is 11.4 Å². The summed E-state index contributed by atoms with van der Waals surface area (Å²) >= 11 is 0. The van der Waals surface area contributed by atoms with E-state index in [-0.39, 0.29) is 16.1 Å². The highest BCUT2D eigenvalue weighted by Gasteiger charge is 2.19. The molecule has 0 aliphatic rings. The first-order valence-electron chi connectivity index (χ1n) is 6.80. The van der Waals surface area contributed by atoms with Crippen molar-refractivity contribution in [1.29, 1.82) is 5.26 Å². The third kappa shape index (κ3) is 2.87. The van der Waals surface area contributed by atoms with Crippen molar-refractivity contribution in [1.82, 2.24) is 14.8 Å². The van der Waals surface area contributed by atoms with Gasteiger partial charge in [0.2, 0.25) is 0 Å². The number of nitrogens with one attached hydrogen (secondary N) is 2. The average molecular weight is 345 g/mol. The van der Waals surface area contributed by atoms with Gasteiger partial charge < -0.3 is 4.98 Å². The van der Waals surface area contributed by atoms with Crippen molar-refractivity contribution in [3.05, 3.63) is 54.1 Å². The Balaban J connectivity index is 1.91. The first kappa shape index (κ1) is 15.8. The molecule has 3 aromatic rings. The fraction of sp³-hybridized carbons (Fsp3) is 0.0667. The molecule has 3 rings (SSSR count). The zero-order valence-electron chi connectivity index (χ0n) is 12.5. The molecule has 1 aromatic carbocycles. The van der Waals surface area contributed by atoms with Gasteiger partial charge in [0.05, 0.1) is 28.7 Å². The van der Waals surface area contributed by atoms with Crippen LogP contribution in [0.4, 0.5) is 10.1 Å². The number of aryl methyl sites for hydroxylation is 1. The number of hydrogen-bond acceptors (Lipinski definition) is 4. The van der Waals surface area contributed by atoms with Gasteiger partial charge >= 0.3 is 0 Å². The van der Waals surface area contributed by atoms with Crippen molar-refractivity contribution in [2.24, 2.45) is 7.05 Å². The molecule has 0 aliphatic carbocycles. The Kier molecular flexibility index (Phi) is 3.83. The summed E-state index contributed by atoms with van der Waals surface area (Å²) in [5.74, 6) is -0.819. The van der Waals surface area contributed by atoms with Crippen LogP contribution in [0.1, 0.15) is 5.56 Å². The molecule has 0 saturated heterocycles. The second kappa shape index (κ2) is 5.82. The molecular weight excluding hydrogens is 333 g/mol. The number of anilines is 1. The Morgan fingerprint density at radius 3 is 2.75 bits per heavy atom. The third-order valence-electron chi connectivity index (χ3n) is 3.41. The number of H-pyrrole nitrogens is 1. The highest BCUT2D eigenvalue weighted by molar-refractivity contribution is 7.92. The molecule has 0 radical (unpaired) electrons. The molecular formula is C15H12FN5O2S. The highest BCUT2D eigenvalue weighted by Crippen LogP contribution is 2.24. The fourth-order valence-electron chi connectivity index (χ4n) is 2.19. The normalized spacial score (nSPS) is 11.2. The predicted molar refractivity (Wildman–Crippen MR) is 84.9 cm³/mol. The van der Waals surface area contributed by atoms with E-state index in [4.69, 9.17) is 5.26 Å². The SMILES string of the molecule is Cn1nccc1-c1cc(S(=O)(=O)Nc2ccc(C#N)cc2F)c[nH]1. The van der Waals surface area contributed by atoms with Gasteiger partial charge in [0, 0.05) is 19.4 Å². The number of hydrogen-bond donors (Lipinski definition) is 2. The lowest BCUT2D eigenvalue weighted by Crippen LogP contribution is -2.13. The fourth-order valence-corrected chi connectivity index (χ4v) is 3.25. The minimum Gasteiger partial charge on any atom is -0.359 e. The molecule has 7 nitrogen and oxygen atoms in total. The largest absolute Gasteiger partial charge is 0.359 e. The van der Waals surface area contributed by atoms with Crippen LogP contribution in [0.15, 0.2) is 47.6 Å². The minimum absolute atomic E-state index is 0.0394. The van der Waals surface area contributed by atoms with Gasteiger partial charge in [-0.05, 0) is 30.3 Å². The van der Waals surface area contributed by atoms with E-state index in [9.17, 15) is 12.8 Å². The van der Waals surface area contributed by atoms with Crippen LogP contribution in [0.3, 0.4) is 0 Å². The molecule has 2 heterocycles. The smallest absolute Gasteiger partial charge is 0.263 e. The molecule has 0 saturated carbocycles. The molecule has 9 heteroatoms. The number of benzene rings is 1. The Morgan fingerprint density at radius 2 is 2.12 bits per heavy atom. The number of nitrogens with zero attached hydrogens (tertiary/aromatic N) is 3. The van der Waals surface area contributed by atoms with Crippen LogP contribution in [0.5, 0.6) is 0 Å². The molecule has 2 aromatic heterocycles. The molecule has 122 valence electrons. The molecule has 2 N–H and O–H groups in total. The van der Waals surface area contributed by atoms with Gasteiger partial charge in [-0.25, -0.2) is 12.8 Å². The van der Waals surface area contributed by atoms with Crippen LogP contribution in [0.2, 0.25) is 0 Å². The van der Waals surface area contributed by atoms with Crippen molar-refractivity contribution in [2.45, 2.75) is 4.90 Å². The van der Waals surface area contributed by atoms with Crippen molar-refractivity contribution in [3.8, 4) is 17.5 Å². The number of aromatic nitrogens is 3. The van der Waals surface area contributed by atoms with E-state index in [1.807, 2.05) is 0 Å². The maximum absolute atomic E-state index is 13.9. The maximum Gasteiger partial charge on any atom is 0.263 e. The van der Waals surface area contributed by atoms with Gasteiger partial charge in [-0.3, -0.25) is 9.40 Å². The summed E-state index contributed by atoms with van der Waals surface area (Å²) in [6.07, 6.45) is 2.90. The monoisotopic (exact) mass is 345 g/mol. The molecule has 0 bridgehead atoms. The molecule has 0 atom stereocenters. The molecule has 0 amide bonds. The lowest BCUT2D eigenvalue weighted by molar-refractivity contribution is 0.598. The summed E-state index contributed by atoms with van der Waals surface area (Å²) < 4.78 is 42.4. The standard InChI is InChI=1S/C15H12FN5O2S/c1-21-15(4-5-19-21)14-7-11(9-18-14)24(22,23)20-13-3-2-10(8-17)6-12(13)16/h2-7,9,18,20H,1H3. The predicted octanol–water partition coefficient (Wildman–Crippen LogP) is 2.23. The van der Waals surface area contributed by atoms with Gasteiger partial charge in [0.15, 0.2) is 0 Å². The number of halogens is 1. The van der Waals surface area contributed by atoms with Crippen LogP contribution in [-0.4, -0.2) is 23.2 Å². The summed E-state index contributed by atoms with van der Waals surface area (Å²) in [6, 6.07) is 8.46. The lowest BCUT2D eigenvalue weighted by Gasteiger charge is -2.07. The Bertz CT molecular complexity index is 1050. The summed E-state index contributed by atoms with van der Waals surface area (Å²) in [5, 5.41) is 12.7. The maximum atomic E-state index is 13.9. The van der Waals surface area contributed by atoms with E-state index < -0.39 is 15.8 Å². The summed E-state index contributed by atoms with van der Waals surface area (Å²) in [4.78, 5) is 2.82. The van der Waals surface area contributed by atoms with E-state index in [2.05, 4.69) is 14.8 Å². The van der Waals surface area contributed by atoms with Gasteiger partial charge in [-0.1, -0.05) is 0 Å². The highest BCUT2D eigenvalue weighted by atomic mass is 32.2. The summed E-state index contributed by atoms with van der Waals surface area (Å²) in [5.41, 5.74) is 1.16. The van der Waals surface area contributed by atoms with Crippen LogP contribution in [-0.2, 0) is 17.1 Å². The Hall–Kier alpha value is -3.12. The summed E-state index contributed by atoms with van der Waals surface area (Å²) in [6.45, 7) is 0. The lowest BCUT2D eigenvalue weighted by atomic mass is 10.2. The minimum atomic E-state index is -3.97. The van der Waals surface area contributed by atoms with Gasteiger partial charge in [-0.2, -0.15) is 10.4 Å². The number of nitriles is 1. The van der Waals surface area contributed by atoms with Crippen LogP contribution in [0, 0.1) is 17.1 Å². The van der Waals surface area contributed by atoms with E-state index in [1.165, 1.54) is 24.4 Å². The Morgan fingerprint density at radius 1 is 1.33 bits per heavy atom. The molecule has 0 aliphatic heterocycles. The first-order chi connectivity index (χ1) is 11.4. The van der Waals surface area contributed by atoms with Crippen molar-refractivity contribution < 1.29 is 12.8 Å². The summed E-state index contributed by atoms with van der Waals surface area (Å²) in [7, 11) is -2.24. The second-order valence-electron chi connectivity index (χ2n) is 5.00. The van der Waals surface area contributed by atoms with Crippen molar-refractivity contribution in [3.63, 3.8) is 0 Å². The number of rotatable bonds is 4. The molecule has 0 spiro atoms. The molecule has 0 unspecified atom stereocenters. The zero-order chi connectivity index (χ0) is 17.3. The van der Waals surface area contributed by atoms with Crippen molar-refractivity contribution >= 4 is 15.7 Å². The van der Waals surface area contributed by atoms with Crippen molar-refractivity contribution in [2.75, 3.05) is 4.72 Å². The van der Waals surface area contributed by atoms with E-state index >= 15 is 0 Å². The number of sulfonamides is 1. The van der Waals surface area contributed by atoms with Gasteiger partial charge in [-0.15, -0.1) is 0 Å². The molecule has 24 heavy (non-hydrogen) atoms.